The molecule has 0 bridgehead atoms. The number of hydrogen-bond acceptors (Lipinski definition) is 2. The molecule has 0 aliphatic carbocycles. The second kappa shape index (κ2) is 5.90. The van der Waals surface area contributed by atoms with Crippen LogP contribution < -0.4 is 10.1 Å². The molecule has 2 aromatic rings. The fraction of sp³-hybridized carbons (Fsp3) is 0.368. The summed E-state index contributed by atoms with van der Waals surface area (Å²) in [6.45, 7) is 4.57. The van der Waals surface area contributed by atoms with Crippen molar-refractivity contribution in [2.45, 2.75) is 32.0 Å². The maximum atomic E-state index is 6.76. The maximum absolute atomic E-state index is 6.76. The first-order valence-corrected chi connectivity index (χ1v) is 10.5. The highest BCUT2D eigenvalue weighted by Gasteiger charge is 2.45. The molecule has 0 spiro atoms. The molecule has 1 aliphatic heterocycles. The molecule has 0 fully saturated rings. The van der Waals surface area contributed by atoms with Crippen LogP contribution in [-0.2, 0) is 4.43 Å². The summed E-state index contributed by atoms with van der Waals surface area (Å²) in [4.78, 5) is 2.15. The minimum Gasteiger partial charge on any atom is -0.401 e. The highest BCUT2D eigenvalue weighted by atomic mass is 28.4. The van der Waals surface area contributed by atoms with Gasteiger partial charge in [-0.15, -0.1) is 0 Å². The Balaban J connectivity index is 2.08. The molecule has 116 valence electrons. The Morgan fingerprint density at radius 3 is 2.41 bits per heavy atom. The summed E-state index contributed by atoms with van der Waals surface area (Å²) < 4.78 is 6.76. The van der Waals surface area contributed by atoms with Crippen molar-refractivity contribution in [3.05, 3.63) is 59.7 Å². The van der Waals surface area contributed by atoms with Gasteiger partial charge in [0.15, 0.2) is 0 Å². The van der Waals surface area contributed by atoms with Crippen LogP contribution in [0.3, 0.4) is 0 Å². The second-order valence-electron chi connectivity index (χ2n) is 6.28. The van der Waals surface area contributed by atoms with Gasteiger partial charge < -0.3 is 9.33 Å². The van der Waals surface area contributed by atoms with Gasteiger partial charge in [0.25, 0.3) is 0 Å². The Morgan fingerprint density at radius 1 is 1.00 bits per heavy atom. The monoisotopic (exact) mass is 311 g/mol. The number of benzene rings is 2. The molecular formula is C19H25NOSi. The molecule has 0 unspecified atom stereocenters. The lowest BCUT2D eigenvalue weighted by molar-refractivity contribution is 0.253. The molecule has 3 heteroatoms. The van der Waals surface area contributed by atoms with E-state index in [-0.39, 0.29) is 6.10 Å². The van der Waals surface area contributed by atoms with Gasteiger partial charge in [0.05, 0.1) is 6.10 Å². The smallest absolute Gasteiger partial charge is 0.225 e. The highest BCUT2D eigenvalue weighted by Crippen LogP contribution is 2.39. The quantitative estimate of drug-likeness (QED) is 0.789. The van der Waals surface area contributed by atoms with Gasteiger partial charge in [-0.25, -0.2) is 0 Å². The first kappa shape index (κ1) is 15.3. The molecule has 0 N–H and O–H groups in total. The Hall–Kier alpha value is -1.58. The molecule has 0 saturated heterocycles. The first-order valence-electron chi connectivity index (χ1n) is 8.16. The molecule has 1 aliphatic rings. The van der Waals surface area contributed by atoms with Crippen LogP contribution in [0.4, 0.5) is 5.69 Å². The zero-order valence-electron chi connectivity index (χ0n) is 14.0. The van der Waals surface area contributed by atoms with Crippen LogP contribution in [0.25, 0.3) is 0 Å². The summed E-state index contributed by atoms with van der Waals surface area (Å²) in [6.07, 6.45) is 0.0997. The largest absolute Gasteiger partial charge is 0.401 e. The fourth-order valence-corrected chi connectivity index (χ4v) is 7.08. The summed E-state index contributed by atoms with van der Waals surface area (Å²) in [5.74, 6) is 0. The van der Waals surface area contributed by atoms with Crippen molar-refractivity contribution < 1.29 is 4.43 Å². The number of fused-ring (bicyclic) bond motifs is 1. The third-order valence-electron chi connectivity index (χ3n) is 4.91. The molecule has 0 saturated carbocycles. The van der Waals surface area contributed by atoms with Crippen LogP contribution in [0, 0.1) is 0 Å². The van der Waals surface area contributed by atoms with E-state index in [0.29, 0.717) is 0 Å². The van der Waals surface area contributed by atoms with Crippen LogP contribution in [0.15, 0.2) is 48.5 Å². The van der Waals surface area contributed by atoms with Crippen molar-refractivity contribution in [2.75, 3.05) is 19.0 Å². The number of hydrogen-bond donors (Lipinski definition) is 0. The summed E-state index contributed by atoms with van der Waals surface area (Å²) >= 11 is 0. The van der Waals surface area contributed by atoms with Crippen LogP contribution in [0.1, 0.15) is 31.1 Å². The molecule has 0 radical (unpaired) electrons. The minimum absolute atomic E-state index is 0.0997. The third kappa shape index (κ3) is 2.38. The van der Waals surface area contributed by atoms with Gasteiger partial charge in [0.2, 0.25) is 8.32 Å². The van der Waals surface area contributed by atoms with E-state index in [1.807, 2.05) is 0 Å². The van der Waals surface area contributed by atoms with Crippen LogP contribution in [0.5, 0.6) is 0 Å². The topological polar surface area (TPSA) is 12.5 Å². The van der Waals surface area contributed by atoms with Crippen LogP contribution >= 0.6 is 0 Å². The Labute approximate surface area is 134 Å². The Bertz CT molecular complexity index is 664. The van der Waals surface area contributed by atoms with Gasteiger partial charge >= 0.3 is 0 Å². The average molecular weight is 312 g/mol. The lowest BCUT2D eigenvalue weighted by atomic mass is 10.0. The molecule has 2 nitrogen and oxygen atoms in total. The molecule has 0 aromatic heterocycles. The summed E-state index contributed by atoms with van der Waals surface area (Å²) in [6, 6.07) is 19.9. The maximum Gasteiger partial charge on any atom is 0.225 e. The predicted molar refractivity (Wildman–Crippen MR) is 96.5 cm³/mol. The summed E-state index contributed by atoms with van der Waals surface area (Å²) in [5.41, 5.74) is 3.88. The predicted octanol–water partition coefficient (Wildman–Crippen LogP) is 4.06. The van der Waals surface area contributed by atoms with Gasteiger partial charge in [-0.1, -0.05) is 50.2 Å². The van der Waals surface area contributed by atoms with E-state index < -0.39 is 8.32 Å². The van der Waals surface area contributed by atoms with Crippen molar-refractivity contribution in [3.63, 3.8) is 0 Å². The summed E-state index contributed by atoms with van der Waals surface area (Å²) in [7, 11) is 2.36. The van der Waals surface area contributed by atoms with Crippen molar-refractivity contribution >= 4 is 19.2 Å². The van der Waals surface area contributed by atoms with Gasteiger partial charge in [-0.3, -0.25) is 0 Å². The zero-order chi connectivity index (χ0) is 15.7. The second-order valence-corrected chi connectivity index (χ2v) is 10.5. The van der Waals surface area contributed by atoms with E-state index in [4.69, 9.17) is 4.43 Å². The van der Waals surface area contributed by atoms with E-state index in [0.717, 1.165) is 12.1 Å². The lowest BCUT2D eigenvalue weighted by Crippen LogP contribution is -2.45. The molecule has 2 aromatic carbocycles. The van der Waals surface area contributed by atoms with Gasteiger partial charge in [-0.2, -0.15) is 0 Å². The Morgan fingerprint density at radius 2 is 1.73 bits per heavy atom. The zero-order valence-corrected chi connectivity index (χ0v) is 15.0. The van der Waals surface area contributed by atoms with E-state index in [2.05, 4.69) is 81.4 Å². The molecule has 1 heterocycles. The lowest BCUT2D eigenvalue weighted by Gasteiger charge is -2.25. The first-order chi connectivity index (χ1) is 10.6. The van der Waals surface area contributed by atoms with Gasteiger partial charge in [-0.05, 0) is 40.5 Å². The normalized spacial score (nSPS) is 19.0. The summed E-state index contributed by atoms with van der Waals surface area (Å²) in [5, 5.41) is 1.50. The molecule has 1 atom stereocenters. The van der Waals surface area contributed by atoms with E-state index in [9.17, 15) is 0 Å². The highest BCUT2D eigenvalue weighted by molar-refractivity contribution is 6.87. The van der Waals surface area contributed by atoms with Crippen LogP contribution in [-0.4, -0.2) is 22.4 Å². The molecule has 0 amide bonds. The SMILES string of the molecule is CC[Si]1(CC)O[C@@H](c2cccc(N(C)C)c2)c2ccccc21. The number of nitrogens with zero attached hydrogens (tertiary/aromatic N) is 1. The van der Waals surface area contributed by atoms with Gasteiger partial charge in [0, 0.05) is 19.8 Å². The van der Waals surface area contributed by atoms with Crippen molar-refractivity contribution in [3.8, 4) is 0 Å². The van der Waals surface area contributed by atoms with Crippen LogP contribution in [0.2, 0.25) is 12.1 Å². The van der Waals surface area contributed by atoms with E-state index in [1.54, 1.807) is 0 Å². The third-order valence-corrected chi connectivity index (χ3v) is 9.32. The van der Waals surface area contributed by atoms with Gasteiger partial charge in [0.1, 0.15) is 0 Å². The minimum atomic E-state index is -1.80. The number of anilines is 1. The van der Waals surface area contributed by atoms with E-state index >= 15 is 0 Å². The molecule has 22 heavy (non-hydrogen) atoms. The molecule has 3 rings (SSSR count). The Kier molecular flexibility index (Phi) is 4.11. The molecular weight excluding hydrogens is 286 g/mol. The van der Waals surface area contributed by atoms with Crippen molar-refractivity contribution in [1.29, 1.82) is 0 Å². The fourth-order valence-electron chi connectivity index (χ4n) is 3.50. The number of rotatable bonds is 4. The van der Waals surface area contributed by atoms with Crippen molar-refractivity contribution in [2.24, 2.45) is 0 Å². The standard InChI is InChI=1S/C19H25NOSi/c1-5-22(6-2)18-13-8-7-12-17(18)19(21-22)15-10-9-11-16(14-15)20(3)4/h7-14,19H,5-6H2,1-4H3/t19-/m0/s1. The van der Waals surface area contributed by atoms with E-state index in [1.165, 1.54) is 22.0 Å². The van der Waals surface area contributed by atoms with Crippen molar-refractivity contribution in [1.82, 2.24) is 0 Å². The average Bonchev–Trinajstić information content (AvgIpc) is 2.90.